The quantitative estimate of drug-likeness (QED) is 0.589. The SMILES string of the molecule is CCOc1ccc2nc(NC(=O)C=Cc3ccc(C(C)C)cc3)sc2c1. The van der Waals surface area contributed by atoms with Crippen LogP contribution in [0.15, 0.2) is 48.5 Å². The number of fused-ring (bicyclic) bond motifs is 1. The molecule has 0 saturated heterocycles. The van der Waals surface area contributed by atoms with Crippen molar-refractivity contribution >= 4 is 38.7 Å². The van der Waals surface area contributed by atoms with E-state index in [1.807, 2.05) is 37.3 Å². The number of ether oxygens (including phenoxy) is 1. The molecule has 0 atom stereocenters. The second kappa shape index (κ2) is 8.15. The zero-order valence-corrected chi connectivity index (χ0v) is 16.0. The van der Waals surface area contributed by atoms with Crippen LogP contribution in [-0.2, 0) is 4.79 Å². The van der Waals surface area contributed by atoms with Gasteiger partial charge in [-0.05, 0) is 48.2 Å². The van der Waals surface area contributed by atoms with Gasteiger partial charge in [0.2, 0.25) is 5.91 Å². The molecule has 1 N–H and O–H groups in total. The summed E-state index contributed by atoms with van der Waals surface area (Å²) in [6.45, 7) is 6.89. The normalized spacial score (nSPS) is 11.4. The summed E-state index contributed by atoms with van der Waals surface area (Å²) in [4.78, 5) is 16.6. The summed E-state index contributed by atoms with van der Waals surface area (Å²) in [5.74, 6) is 1.12. The predicted octanol–water partition coefficient (Wildman–Crippen LogP) is 5.47. The van der Waals surface area contributed by atoms with Crippen LogP contribution in [0.2, 0.25) is 0 Å². The summed E-state index contributed by atoms with van der Waals surface area (Å²) in [5, 5.41) is 3.41. The molecular formula is C21H22N2O2S. The molecule has 5 heteroatoms. The lowest BCUT2D eigenvalue weighted by Gasteiger charge is -2.04. The summed E-state index contributed by atoms with van der Waals surface area (Å²) >= 11 is 1.44. The zero-order chi connectivity index (χ0) is 18.5. The number of aromatic nitrogens is 1. The second-order valence-corrected chi connectivity index (χ2v) is 7.26. The van der Waals surface area contributed by atoms with Crippen LogP contribution in [0.25, 0.3) is 16.3 Å². The molecule has 4 nitrogen and oxygen atoms in total. The Bertz CT molecular complexity index is 927. The smallest absolute Gasteiger partial charge is 0.250 e. The van der Waals surface area contributed by atoms with Gasteiger partial charge in [-0.2, -0.15) is 0 Å². The molecule has 0 spiro atoms. The van der Waals surface area contributed by atoms with Gasteiger partial charge in [0.15, 0.2) is 5.13 Å². The van der Waals surface area contributed by atoms with Crippen molar-refractivity contribution in [2.45, 2.75) is 26.7 Å². The standard InChI is InChI=1S/C21H22N2O2S/c1-4-25-17-10-11-18-19(13-17)26-21(22-18)23-20(24)12-7-15-5-8-16(9-6-15)14(2)3/h5-14H,4H2,1-3H3,(H,22,23,24). The van der Waals surface area contributed by atoms with E-state index in [4.69, 9.17) is 4.74 Å². The number of nitrogens with zero attached hydrogens (tertiary/aromatic N) is 1. The van der Waals surface area contributed by atoms with E-state index in [0.717, 1.165) is 21.5 Å². The molecule has 2 aromatic carbocycles. The zero-order valence-electron chi connectivity index (χ0n) is 15.2. The molecule has 0 aliphatic heterocycles. The van der Waals surface area contributed by atoms with E-state index in [9.17, 15) is 4.79 Å². The third-order valence-electron chi connectivity index (χ3n) is 3.93. The van der Waals surface area contributed by atoms with Crippen molar-refractivity contribution < 1.29 is 9.53 Å². The Morgan fingerprint density at radius 3 is 2.69 bits per heavy atom. The van der Waals surface area contributed by atoms with Gasteiger partial charge in [0.05, 0.1) is 16.8 Å². The fraction of sp³-hybridized carbons (Fsp3) is 0.238. The number of amides is 1. The second-order valence-electron chi connectivity index (χ2n) is 6.23. The number of carbonyl (C=O) groups is 1. The van der Waals surface area contributed by atoms with Gasteiger partial charge in [-0.15, -0.1) is 0 Å². The van der Waals surface area contributed by atoms with Crippen molar-refractivity contribution in [2.75, 3.05) is 11.9 Å². The number of benzene rings is 2. The average molecular weight is 366 g/mol. The molecule has 3 aromatic rings. The molecule has 26 heavy (non-hydrogen) atoms. The van der Waals surface area contributed by atoms with Gasteiger partial charge in [0, 0.05) is 6.08 Å². The lowest BCUT2D eigenvalue weighted by atomic mass is 10.0. The van der Waals surface area contributed by atoms with Crippen molar-refractivity contribution in [2.24, 2.45) is 0 Å². The van der Waals surface area contributed by atoms with E-state index < -0.39 is 0 Å². The van der Waals surface area contributed by atoms with Gasteiger partial charge in [-0.25, -0.2) is 4.98 Å². The topological polar surface area (TPSA) is 51.2 Å². The van der Waals surface area contributed by atoms with Crippen molar-refractivity contribution in [3.63, 3.8) is 0 Å². The molecule has 0 aliphatic rings. The fourth-order valence-corrected chi connectivity index (χ4v) is 3.42. The van der Waals surface area contributed by atoms with Gasteiger partial charge in [-0.1, -0.05) is 49.4 Å². The maximum absolute atomic E-state index is 12.2. The van der Waals surface area contributed by atoms with Crippen LogP contribution in [0.1, 0.15) is 37.8 Å². The number of hydrogen-bond donors (Lipinski definition) is 1. The molecule has 0 unspecified atom stereocenters. The molecule has 0 saturated carbocycles. The van der Waals surface area contributed by atoms with Crippen molar-refractivity contribution in [3.05, 3.63) is 59.7 Å². The largest absolute Gasteiger partial charge is 0.494 e. The molecule has 1 aromatic heterocycles. The summed E-state index contributed by atoms with van der Waals surface area (Å²) in [7, 11) is 0. The van der Waals surface area contributed by atoms with Crippen LogP contribution in [0, 0.1) is 0 Å². The number of nitrogens with one attached hydrogen (secondary N) is 1. The van der Waals surface area contributed by atoms with E-state index in [1.165, 1.54) is 23.0 Å². The first-order valence-corrected chi connectivity index (χ1v) is 9.49. The lowest BCUT2D eigenvalue weighted by Crippen LogP contribution is -2.07. The average Bonchev–Trinajstić information content (AvgIpc) is 3.02. The maximum atomic E-state index is 12.2. The molecule has 0 fully saturated rings. The Morgan fingerprint density at radius 2 is 2.00 bits per heavy atom. The Kier molecular flexibility index (Phi) is 5.68. The molecule has 0 radical (unpaired) electrons. The molecule has 1 amide bonds. The molecular weight excluding hydrogens is 344 g/mol. The first-order valence-electron chi connectivity index (χ1n) is 8.67. The number of hydrogen-bond acceptors (Lipinski definition) is 4. The number of rotatable bonds is 6. The molecule has 1 heterocycles. The van der Waals surface area contributed by atoms with Gasteiger partial charge in [0.25, 0.3) is 0 Å². The molecule has 134 valence electrons. The number of anilines is 1. The van der Waals surface area contributed by atoms with Crippen molar-refractivity contribution in [1.82, 2.24) is 4.98 Å². The fourth-order valence-electron chi connectivity index (χ4n) is 2.53. The third kappa shape index (κ3) is 4.49. The Hall–Kier alpha value is -2.66. The molecule has 0 bridgehead atoms. The third-order valence-corrected chi connectivity index (χ3v) is 4.86. The summed E-state index contributed by atoms with van der Waals surface area (Å²) in [5.41, 5.74) is 3.13. The van der Waals surface area contributed by atoms with E-state index in [-0.39, 0.29) is 5.91 Å². The summed E-state index contributed by atoms with van der Waals surface area (Å²) in [6, 6.07) is 13.9. The van der Waals surface area contributed by atoms with E-state index in [0.29, 0.717) is 17.7 Å². The lowest BCUT2D eigenvalue weighted by molar-refractivity contribution is -0.111. The first-order chi connectivity index (χ1) is 12.5. The highest BCUT2D eigenvalue weighted by Crippen LogP contribution is 2.29. The van der Waals surface area contributed by atoms with Crippen LogP contribution in [0.5, 0.6) is 5.75 Å². The van der Waals surface area contributed by atoms with Crippen LogP contribution in [-0.4, -0.2) is 17.5 Å². The summed E-state index contributed by atoms with van der Waals surface area (Å²) in [6.07, 6.45) is 3.34. The Balaban J connectivity index is 1.66. The first kappa shape index (κ1) is 18.1. The molecule has 3 rings (SSSR count). The maximum Gasteiger partial charge on any atom is 0.250 e. The summed E-state index contributed by atoms with van der Waals surface area (Å²) < 4.78 is 6.48. The highest BCUT2D eigenvalue weighted by atomic mass is 32.1. The highest BCUT2D eigenvalue weighted by Gasteiger charge is 2.07. The number of carbonyl (C=O) groups excluding carboxylic acids is 1. The minimum Gasteiger partial charge on any atom is -0.494 e. The monoisotopic (exact) mass is 366 g/mol. The minimum absolute atomic E-state index is 0.193. The van der Waals surface area contributed by atoms with E-state index >= 15 is 0 Å². The van der Waals surface area contributed by atoms with Crippen LogP contribution >= 0.6 is 11.3 Å². The molecule has 0 aliphatic carbocycles. The van der Waals surface area contributed by atoms with E-state index in [1.54, 1.807) is 6.08 Å². The minimum atomic E-state index is -0.193. The highest BCUT2D eigenvalue weighted by molar-refractivity contribution is 7.22. The van der Waals surface area contributed by atoms with Gasteiger partial charge in [-0.3, -0.25) is 10.1 Å². The van der Waals surface area contributed by atoms with Gasteiger partial charge in [0.1, 0.15) is 5.75 Å². The predicted molar refractivity (Wildman–Crippen MR) is 109 cm³/mol. The van der Waals surface area contributed by atoms with Crippen molar-refractivity contribution in [3.8, 4) is 5.75 Å². The van der Waals surface area contributed by atoms with Gasteiger partial charge < -0.3 is 4.74 Å². The van der Waals surface area contributed by atoms with Crippen LogP contribution in [0.4, 0.5) is 5.13 Å². The van der Waals surface area contributed by atoms with Gasteiger partial charge >= 0.3 is 0 Å². The Morgan fingerprint density at radius 1 is 1.23 bits per heavy atom. The van der Waals surface area contributed by atoms with Crippen molar-refractivity contribution in [1.29, 1.82) is 0 Å². The van der Waals surface area contributed by atoms with Crippen LogP contribution < -0.4 is 10.1 Å². The Labute approximate surface area is 157 Å². The van der Waals surface area contributed by atoms with Crippen LogP contribution in [0.3, 0.4) is 0 Å². The van der Waals surface area contributed by atoms with E-state index in [2.05, 4.69) is 36.3 Å². The number of thiazole rings is 1.